The highest BCUT2D eigenvalue weighted by Crippen LogP contribution is 2.39. The van der Waals surface area contributed by atoms with E-state index in [2.05, 4.69) is 10.1 Å². The third-order valence-electron chi connectivity index (χ3n) is 4.73. The van der Waals surface area contributed by atoms with Gasteiger partial charge < -0.3 is 15.2 Å². The first-order valence-electron chi connectivity index (χ1n) is 7.89. The molecule has 23 heavy (non-hydrogen) atoms. The Bertz CT molecular complexity index is 672. The van der Waals surface area contributed by atoms with Crippen molar-refractivity contribution in [2.75, 3.05) is 20.1 Å². The number of hydrogen-bond donors (Lipinski definition) is 2. The third-order valence-corrected chi connectivity index (χ3v) is 4.73. The molecule has 4 nitrogen and oxygen atoms in total. The fourth-order valence-corrected chi connectivity index (χ4v) is 3.41. The molecule has 2 unspecified atom stereocenters. The van der Waals surface area contributed by atoms with E-state index in [9.17, 15) is 10.3 Å². The van der Waals surface area contributed by atoms with Crippen LogP contribution in [0.1, 0.15) is 17.5 Å². The Morgan fingerprint density at radius 1 is 1.09 bits per heavy atom. The summed E-state index contributed by atoms with van der Waals surface area (Å²) in [5.41, 5.74) is 1.20. The average molecular weight is 310 g/mol. The molecule has 3 rings (SSSR count). The summed E-state index contributed by atoms with van der Waals surface area (Å²) >= 11 is 0. The summed E-state index contributed by atoms with van der Waals surface area (Å²) in [5.74, 6) is -0.295. The van der Waals surface area contributed by atoms with Gasteiger partial charge in [0.25, 0.3) is 0 Å². The summed E-state index contributed by atoms with van der Waals surface area (Å²) in [6.45, 7) is 1.44. The molecule has 0 saturated carbocycles. The zero-order valence-corrected chi connectivity index (χ0v) is 13.3. The molecule has 0 aromatic heterocycles. The minimum absolute atomic E-state index is 0.295. The Morgan fingerprint density at radius 3 is 2.30 bits per heavy atom. The quantitative estimate of drug-likeness (QED) is 0.521. The number of piperidine rings is 1. The van der Waals surface area contributed by atoms with Gasteiger partial charge in [0, 0.05) is 13.1 Å². The lowest BCUT2D eigenvalue weighted by atomic mass is 9.72. The van der Waals surface area contributed by atoms with Crippen molar-refractivity contribution in [1.29, 1.82) is 0 Å². The highest BCUT2D eigenvalue weighted by Gasteiger charge is 2.45. The fourth-order valence-electron chi connectivity index (χ4n) is 3.41. The second-order valence-electron chi connectivity index (χ2n) is 6.21. The normalized spacial score (nSPS) is 26.2. The van der Waals surface area contributed by atoms with Crippen molar-refractivity contribution >= 4 is 5.71 Å². The van der Waals surface area contributed by atoms with Crippen LogP contribution in [-0.2, 0) is 5.60 Å². The highest BCUT2D eigenvalue weighted by molar-refractivity contribution is 6.02. The second kappa shape index (κ2) is 6.52. The molecular formula is C19H22N2O2. The van der Waals surface area contributed by atoms with Crippen LogP contribution < -0.4 is 0 Å². The lowest BCUT2D eigenvalue weighted by Crippen LogP contribution is -2.52. The Kier molecular flexibility index (Phi) is 4.46. The van der Waals surface area contributed by atoms with Crippen LogP contribution in [0.5, 0.6) is 0 Å². The molecule has 1 fully saturated rings. The first kappa shape index (κ1) is 15.7. The van der Waals surface area contributed by atoms with E-state index in [4.69, 9.17) is 0 Å². The first-order chi connectivity index (χ1) is 11.1. The molecule has 0 bridgehead atoms. The zero-order chi connectivity index (χ0) is 16.3. The molecule has 2 aromatic carbocycles. The maximum absolute atomic E-state index is 11.5. The molecule has 0 amide bonds. The van der Waals surface area contributed by atoms with Crippen molar-refractivity contribution in [3.8, 4) is 0 Å². The van der Waals surface area contributed by atoms with E-state index in [0.29, 0.717) is 18.7 Å². The number of aliphatic hydroxyl groups is 1. The molecule has 4 heteroatoms. The van der Waals surface area contributed by atoms with Crippen molar-refractivity contribution < 1.29 is 10.3 Å². The van der Waals surface area contributed by atoms with Crippen LogP contribution in [0.2, 0.25) is 0 Å². The Hall–Kier alpha value is -2.17. The maximum Gasteiger partial charge on any atom is 0.101 e. The van der Waals surface area contributed by atoms with Crippen LogP contribution in [0.15, 0.2) is 65.8 Å². The smallest absolute Gasteiger partial charge is 0.101 e. The number of rotatable bonds is 3. The molecule has 2 N–H and O–H groups in total. The standard InChI is InChI=1S/C19H22N2O2/c1-21-13-12-19(22,16-10-6-3-7-11-16)17(14-21)18(20-23)15-8-4-2-5-9-15/h2-11,17,22-23H,12-14H2,1H3/b20-18+. The average Bonchev–Trinajstić information content (AvgIpc) is 2.60. The molecule has 1 aliphatic rings. The summed E-state index contributed by atoms with van der Waals surface area (Å²) in [5, 5.41) is 24.7. The molecule has 1 heterocycles. The van der Waals surface area contributed by atoms with Crippen LogP contribution in [-0.4, -0.2) is 41.1 Å². The van der Waals surface area contributed by atoms with Crippen LogP contribution in [0.3, 0.4) is 0 Å². The van der Waals surface area contributed by atoms with E-state index >= 15 is 0 Å². The number of oxime groups is 1. The van der Waals surface area contributed by atoms with E-state index in [0.717, 1.165) is 17.7 Å². The van der Waals surface area contributed by atoms with Gasteiger partial charge in [-0.15, -0.1) is 0 Å². The van der Waals surface area contributed by atoms with Crippen molar-refractivity contribution in [2.45, 2.75) is 12.0 Å². The van der Waals surface area contributed by atoms with Gasteiger partial charge in [-0.2, -0.15) is 0 Å². The Morgan fingerprint density at radius 2 is 1.70 bits per heavy atom. The SMILES string of the molecule is CN1CCC(O)(c2ccccc2)C(/C(=N/O)c2ccccc2)C1. The predicted molar refractivity (Wildman–Crippen MR) is 90.7 cm³/mol. The maximum atomic E-state index is 11.5. The molecular weight excluding hydrogens is 288 g/mol. The monoisotopic (exact) mass is 310 g/mol. The second-order valence-corrected chi connectivity index (χ2v) is 6.21. The van der Waals surface area contributed by atoms with Gasteiger partial charge in [0.2, 0.25) is 0 Å². The van der Waals surface area contributed by atoms with Crippen LogP contribution in [0.25, 0.3) is 0 Å². The molecule has 0 aliphatic carbocycles. The number of benzene rings is 2. The minimum atomic E-state index is -1.04. The van der Waals surface area contributed by atoms with Crippen molar-refractivity contribution in [2.24, 2.45) is 11.1 Å². The van der Waals surface area contributed by atoms with Gasteiger partial charge in [0.1, 0.15) is 5.60 Å². The van der Waals surface area contributed by atoms with Crippen molar-refractivity contribution in [3.05, 3.63) is 71.8 Å². The summed E-state index contributed by atoms with van der Waals surface area (Å²) in [6.07, 6.45) is 0.601. The van der Waals surface area contributed by atoms with Gasteiger partial charge in [0.05, 0.1) is 11.6 Å². The largest absolute Gasteiger partial charge is 0.411 e. The van der Waals surface area contributed by atoms with E-state index in [1.54, 1.807) is 0 Å². The van der Waals surface area contributed by atoms with Crippen LogP contribution in [0.4, 0.5) is 0 Å². The summed E-state index contributed by atoms with van der Waals surface area (Å²) in [6, 6.07) is 19.3. The summed E-state index contributed by atoms with van der Waals surface area (Å²) in [7, 11) is 2.03. The molecule has 0 radical (unpaired) electrons. The lowest BCUT2D eigenvalue weighted by Gasteiger charge is -2.44. The highest BCUT2D eigenvalue weighted by atomic mass is 16.4. The Balaban J connectivity index is 2.05. The van der Waals surface area contributed by atoms with E-state index in [-0.39, 0.29) is 5.92 Å². The molecule has 1 saturated heterocycles. The third kappa shape index (κ3) is 3.00. The van der Waals surface area contributed by atoms with Crippen molar-refractivity contribution in [1.82, 2.24) is 4.90 Å². The first-order valence-corrected chi connectivity index (χ1v) is 7.89. The lowest BCUT2D eigenvalue weighted by molar-refractivity contribution is -0.0478. The summed E-state index contributed by atoms with van der Waals surface area (Å²) < 4.78 is 0. The fraction of sp³-hybridized carbons (Fsp3) is 0.316. The van der Waals surface area contributed by atoms with Gasteiger partial charge in [-0.05, 0) is 24.6 Å². The number of nitrogens with zero attached hydrogens (tertiary/aromatic N) is 2. The van der Waals surface area contributed by atoms with Crippen LogP contribution in [0, 0.1) is 5.92 Å². The predicted octanol–water partition coefficient (Wildman–Crippen LogP) is 2.70. The van der Waals surface area contributed by atoms with Gasteiger partial charge in [-0.25, -0.2) is 0 Å². The molecule has 120 valence electrons. The Labute approximate surface area is 136 Å². The number of hydrogen-bond acceptors (Lipinski definition) is 4. The number of likely N-dealkylation sites (tertiary alicyclic amines) is 1. The zero-order valence-electron chi connectivity index (χ0n) is 13.3. The minimum Gasteiger partial charge on any atom is -0.411 e. The van der Waals surface area contributed by atoms with Gasteiger partial charge in [-0.1, -0.05) is 65.8 Å². The molecule has 2 atom stereocenters. The molecule has 0 spiro atoms. The van der Waals surface area contributed by atoms with Gasteiger partial charge in [0.15, 0.2) is 0 Å². The van der Waals surface area contributed by atoms with Crippen LogP contribution >= 0.6 is 0 Å². The van der Waals surface area contributed by atoms with Gasteiger partial charge in [-0.3, -0.25) is 0 Å². The van der Waals surface area contributed by atoms with E-state index in [1.165, 1.54) is 0 Å². The summed E-state index contributed by atoms with van der Waals surface area (Å²) in [4.78, 5) is 2.16. The van der Waals surface area contributed by atoms with E-state index < -0.39 is 5.60 Å². The van der Waals surface area contributed by atoms with Crippen molar-refractivity contribution in [3.63, 3.8) is 0 Å². The van der Waals surface area contributed by atoms with E-state index in [1.807, 2.05) is 67.7 Å². The topological polar surface area (TPSA) is 56.1 Å². The van der Waals surface area contributed by atoms with Gasteiger partial charge >= 0.3 is 0 Å². The molecule has 2 aromatic rings. The molecule has 1 aliphatic heterocycles.